The number of para-hydroxylation sites is 4. The van der Waals surface area contributed by atoms with E-state index in [2.05, 4.69) is 203 Å². The van der Waals surface area contributed by atoms with Gasteiger partial charge in [0.1, 0.15) is 22.2 Å². The number of rotatable bonds is 3. The maximum atomic E-state index is 7.02. The number of hydrogen-bond acceptors (Lipinski definition) is 4. The third-order valence-corrected chi connectivity index (χ3v) is 12.7. The predicted molar refractivity (Wildman–Crippen MR) is 237 cm³/mol. The third-order valence-electron chi connectivity index (χ3n) is 12.7. The lowest BCUT2D eigenvalue weighted by Gasteiger charge is -2.41. The molecule has 0 amide bonds. The van der Waals surface area contributed by atoms with Gasteiger partial charge in [-0.1, -0.05) is 107 Å². The molecule has 2 aliphatic heterocycles. The Morgan fingerprint density at radius 1 is 0.509 bits per heavy atom. The van der Waals surface area contributed by atoms with Crippen LogP contribution in [0.4, 0.5) is 34.1 Å². The minimum Gasteiger partial charge on any atom is -0.456 e. The maximum Gasteiger partial charge on any atom is 0.141 e. The van der Waals surface area contributed by atoms with Crippen molar-refractivity contribution in [2.75, 3.05) is 9.80 Å². The van der Waals surface area contributed by atoms with Gasteiger partial charge < -0.3 is 18.6 Å². The van der Waals surface area contributed by atoms with Crippen LogP contribution in [0.15, 0.2) is 154 Å². The van der Waals surface area contributed by atoms with Crippen LogP contribution in [0.1, 0.15) is 61.1 Å². The molecule has 0 radical (unpaired) electrons. The molecule has 9 aromatic rings. The first-order chi connectivity index (χ1) is 27.6. The van der Waals surface area contributed by atoms with E-state index in [-0.39, 0.29) is 10.8 Å². The molecule has 0 N–H and O–H groups in total. The summed E-state index contributed by atoms with van der Waals surface area (Å²) >= 11 is 0. The molecular weight excluding hydrogens is 697 g/mol. The highest BCUT2D eigenvalue weighted by Gasteiger charge is 2.41. The van der Waals surface area contributed by atoms with Crippen molar-refractivity contribution in [2.24, 2.45) is 0 Å². The molecule has 2 aromatic heterocycles. The van der Waals surface area contributed by atoms with Crippen molar-refractivity contribution in [3.05, 3.63) is 190 Å². The molecule has 0 aliphatic carbocycles. The van der Waals surface area contributed by atoms with Crippen molar-refractivity contribution in [3.8, 4) is 0 Å². The molecule has 2 aliphatic rings. The topological polar surface area (TPSA) is 32.8 Å². The zero-order chi connectivity index (χ0) is 38.8. The Balaban J connectivity index is 1.10. The SMILES string of the molecule is C=c1oc2c3c(ccc2/c1=C/c1cc2oc4c5c(ccc4c2cc1C)N(c1ccccc1)c1ccccc1C5(C)C)N(c1ccccc1)c1ccccc1C3(C)C. The number of furan rings is 2. The monoisotopic (exact) mass is 738 g/mol. The first-order valence-corrected chi connectivity index (χ1v) is 19.8. The molecule has 4 heterocycles. The normalized spacial score (nSPS) is 15.5. The van der Waals surface area contributed by atoms with Crippen LogP contribution in [-0.4, -0.2) is 0 Å². The number of hydrogen-bond donors (Lipinski definition) is 0. The van der Waals surface area contributed by atoms with Gasteiger partial charge in [0.25, 0.3) is 0 Å². The van der Waals surface area contributed by atoms with Crippen LogP contribution in [0.3, 0.4) is 0 Å². The molecule has 0 spiro atoms. The molecule has 11 rings (SSSR count). The van der Waals surface area contributed by atoms with Gasteiger partial charge >= 0.3 is 0 Å². The van der Waals surface area contributed by atoms with E-state index in [0.29, 0.717) is 5.42 Å². The lowest BCUT2D eigenvalue weighted by atomic mass is 9.73. The van der Waals surface area contributed by atoms with Crippen LogP contribution in [0.5, 0.6) is 0 Å². The fourth-order valence-electron chi connectivity index (χ4n) is 9.90. The van der Waals surface area contributed by atoms with Crippen molar-refractivity contribution in [2.45, 2.75) is 45.4 Å². The van der Waals surface area contributed by atoms with E-state index in [9.17, 15) is 0 Å². The molecule has 4 heteroatoms. The van der Waals surface area contributed by atoms with E-state index in [1.807, 2.05) is 0 Å². The van der Waals surface area contributed by atoms with Crippen LogP contribution < -0.4 is 20.4 Å². The summed E-state index contributed by atoms with van der Waals surface area (Å²) in [5.74, 6) is 0. The van der Waals surface area contributed by atoms with Crippen LogP contribution in [0.25, 0.3) is 45.6 Å². The second-order valence-electron chi connectivity index (χ2n) is 16.7. The van der Waals surface area contributed by atoms with Gasteiger partial charge in [0.15, 0.2) is 0 Å². The van der Waals surface area contributed by atoms with Gasteiger partial charge in [0, 0.05) is 54.7 Å². The second kappa shape index (κ2) is 11.9. The summed E-state index contributed by atoms with van der Waals surface area (Å²) in [5.41, 5.74) is 16.7. The van der Waals surface area contributed by atoms with Gasteiger partial charge in [-0.3, -0.25) is 0 Å². The van der Waals surface area contributed by atoms with E-state index in [4.69, 9.17) is 8.83 Å². The van der Waals surface area contributed by atoms with Gasteiger partial charge in [-0.2, -0.15) is 0 Å². The van der Waals surface area contributed by atoms with Crippen molar-refractivity contribution in [1.82, 2.24) is 0 Å². The third kappa shape index (κ3) is 4.67. The fourth-order valence-corrected chi connectivity index (χ4v) is 9.90. The average Bonchev–Trinajstić information content (AvgIpc) is 3.74. The molecule has 276 valence electrons. The molecule has 0 unspecified atom stereocenters. The van der Waals surface area contributed by atoms with Gasteiger partial charge in [0.2, 0.25) is 0 Å². The van der Waals surface area contributed by atoms with E-state index in [1.165, 1.54) is 28.1 Å². The molecule has 0 saturated carbocycles. The zero-order valence-corrected chi connectivity index (χ0v) is 32.9. The molecule has 0 bridgehead atoms. The number of fused-ring (bicyclic) bond motifs is 10. The quantitative estimate of drug-likeness (QED) is 0.181. The highest BCUT2D eigenvalue weighted by atomic mass is 16.3. The Labute approximate surface area is 332 Å². The Bertz CT molecular complexity index is 3220. The largest absolute Gasteiger partial charge is 0.456 e. The molecule has 57 heavy (non-hydrogen) atoms. The van der Waals surface area contributed by atoms with Crippen LogP contribution in [0.2, 0.25) is 0 Å². The van der Waals surface area contributed by atoms with Crippen molar-refractivity contribution in [1.29, 1.82) is 0 Å². The van der Waals surface area contributed by atoms with E-state index >= 15 is 0 Å². The Hall–Kier alpha value is -6.78. The molecule has 0 fully saturated rings. The lowest BCUT2D eigenvalue weighted by Crippen LogP contribution is -2.30. The summed E-state index contributed by atoms with van der Waals surface area (Å²) < 4.78 is 13.8. The van der Waals surface area contributed by atoms with E-state index in [0.717, 1.165) is 77.6 Å². The highest BCUT2D eigenvalue weighted by molar-refractivity contribution is 6.10. The zero-order valence-electron chi connectivity index (χ0n) is 32.9. The predicted octanol–water partition coefficient (Wildman–Crippen LogP) is 13.1. The lowest BCUT2D eigenvalue weighted by molar-refractivity contribution is 0.553. The number of aryl methyl sites for hydroxylation is 1. The number of anilines is 6. The summed E-state index contributed by atoms with van der Waals surface area (Å²) in [6.07, 6.45) is 2.23. The Morgan fingerprint density at radius 3 is 1.56 bits per heavy atom. The maximum absolute atomic E-state index is 7.02. The fraction of sp³-hybridized carbons (Fsp3) is 0.132. The standard InChI is InChI=1S/C53H42N2O2/c1-32-29-40-38-26-28-46-49(53(5,6)42-22-14-16-24-44(42)55(46)36-19-11-8-12-20-36)51(38)57-47(40)31-34(32)30-39-33(2)56-50-37(39)25-27-45-48(50)52(3,4)41-21-13-15-23-43(41)54(45)35-17-9-7-10-18-35/h7-31H,2H2,1,3-6H3/b39-30+. The summed E-state index contributed by atoms with van der Waals surface area (Å²) in [6, 6.07) is 52.2. The molecule has 7 aromatic carbocycles. The summed E-state index contributed by atoms with van der Waals surface area (Å²) in [5, 5.41) is 4.29. The minimum atomic E-state index is -0.315. The summed E-state index contributed by atoms with van der Waals surface area (Å²) in [6.45, 7) is 15.9. The summed E-state index contributed by atoms with van der Waals surface area (Å²) in [4.78, 5) is 4.74. The first kappa shape index (κ1) is 33.5. The Kier molecular flexibility index (Phi) is 6.98. The van der Waals surface area contributed by atoms with E-state index in [1.54, 1.807) is 0 Å². The van der Waals surface area contributed by atoms with Crippen LogP contribution in [0, 0.1) is 6.92 Å². The van der Waals surface area contributed by atoms with Crippen molar-refractivity contribution in [3.63, 3.8) is 0 Å². The minimum absolute atomic E-state index is 0.295. The number of benzene rings is 7. The molecule has 4 nitrogen and oxygen atoms in total. The Morgan fingerprint density at radius 2 is 1.00 bits per heavy atom. The van der Waals surface area contributed by atoms with Crippen LogP contribution >= 0.6 is 0 Å². The second-order valence-corrected chi connectivity index (χ2v) is 16.7. The van der Waals surface area contributed by atoms with Gasteiger partial charge in [-0.15, -0.1) is 0 Å². The van der Waals surface area contributed by atoms with Crippen molar-refractivity contribution < 1.29 is 8.83 Å². The van der Waals surface area contributed by atoms with Crippen LogP contribution in [-0.2, 0) is 10.8 Å². The smallest absolute Gasteiger partial charge is 0.141 e. The first-order valence-electron chi connectivity index (χ1n) is 19.8. The van der Waals surface area contributed by atoms with Gasteiger partial charge in [-0.25, -0.2) is 0 Å². The summed E-state index contributed by atoms with van der Waals surface area (Å²) in [7, 11) is 0. The van der Waals surface area contributed by atoms with Gasteiger partial charge in [-0.05, 0) is 108 Å². The number of nitrogens with zero attached hydrogens (tertiary/aromatic N) is 2. The van der Waals surface area contributed by atoms with Crippen molar-refractivity contribution >= 4 is 79.7 Å². The highest BCUT2D eigenvalue weighted by Crippen LogP contribution is 2.56. The molecular formula is C53H42N2O2. The average molecular weight is 739 g/mol. The van der Waals surface area contributed by atoms with E-state index < -0.39 is 0 Å². The van der Waals surface area contributed by atoms with Gasteiger partial charge in [0.05, 0.1) is 22.7 Å². The molecule has 0 atom stereocenters. The molecule has 0 saturated heterocycles.